The molecule has 1 N–H and O–H groups in total. The van der Waals surface area contributed by atoms with Crippen LogP contribution in [0.2, 0.25) is 0 Å². The van der Waals surface area contributed by atoms with Crippen LogP contribution in [0.15, 0.2) is 36.9 Å². The summed E-state index contributed by atoms with van der Waals surface area (Å²) in [6.45, 7) is 4.82. The first-order valence-electron chi connectivity index (χ1n) is 8.65. The van der Waals surface area contributed by atoms with E-state index < -0.39 is 6.10 Å². The van der Waals surface area contributed by atoms with E-state index >= 15 is 0 Å². The molecular weight excluding hydrogens is 304 g/mol. The highest BCUT2D eigenvalue weighted by Crippen LogP contribution is 2.19. The number of aryl methyl sites for hydroxylation is 1. The summed E-state index contributed by atoms with van der Waals surface area (Å²) >= 11 is 0. The third-order valence-electron chi connectivity index (χ3n) is 4.49. The molecule has 0 saturated carbocycles. The van der Waals surface area contributed by atoms with E-state index in [4.69, 9.17) is 4.74 Å². The minimum absolute atomic E-state index is 0.315. The van der Waals surface area contributed by atoms with Crippen LogP contribution in [0.3, 0.4) is 0 Å². The van der Waals surface area contributed by atoms with E-state index in [2.05, 4.69) is 15.0 Å². The third kappa shape index (κ3) is 4.79. The number of aliphatic hydroxyl groups excluding tert-OH is 1. The summed E-state index contributed by atoms with van der Waals surface area (Å²) in [5, 5.41) is 14.6. The molecule has 24 heavy (non-hydrogen) atoms. The molecule has 2 atom stereocenters. The van der Waals surface area contributed by atoms with Gasteiger partial charge in [-0.3, -0.25) is 9.58 Å². The Bertz CT molecular complexity index is 617. The zero-order valence-electron chi connectivity index (χ0n) is 14.2. The van der Waals surface area contributed by atoms with Gasteiger partial charge in [-0.25, -0.2) is 4.98 Å². The smallest absolute Gasteiger partial charge is 0.137 e. The molecule has 6 nitrogen and oxygen atoms in total. The van der Waals surface area contributed by atoms with E-state index in [9.17, 15) is 5.11 Å². The minimum atomic E-state index is -0.498. The molecule has 0 spiro atoms. The van der Waals surface area contributed by atoms with Crippen LogP contribution >= 0.6 is 0 Å². The van der Waals surface area contributed by atoms with Crippen LogP contribution < -0.4 is 4.74 Å². The van der Waals surface area contributed by atoms with E-state index in [0.29, 0.717) is 19.2 Å². The molecule has 130 valence electrons. The molecule has 2 aromatic rings. The van der Waals surface area contributed by atoms with Crippen LogP contribution in [-0.2, 0) is 6.54 Å². The molecule has 1 aliphatic heterocycles. The van der Waals surface area contributed by atoms with Crippen molar-refractivity contribution >= 4 is 0 Å². The lowest BCUT2D eigenvalue weighted by Crippen LogP contribution is -2.46. The maximum Gasteiger partial charge on any atom is 0.137 e. The van der Waals surface area contributed by atoms with Crippen molar-refractivity contribution in [2.75, 3.05) is 19.7 Å². The Morgan fingerprint density at radius 2 is 2.29 bits per heavy atom. The molecule has 1 aromatic heterocycles. The molecular formula is C18H26N4O2. The highest BCUT2D eigenvalue weighted by atomic mass is 16.5. The lowest BCUT2D eigenvalue weighted by atomic mass is 10.0. The van der Waals surface area contributed by atoms with E-state index in [1.54, 1.807) is 12.7 Å². The average Bonchev–Trinajstić information content (AvgIpc) is 3.08. The highest BCUT2D eigenvalue weighted by molar-refractivity contribution is 5.27. The van der Waals surface area contributed by atoms with Crippen LogP contribution in [0.5, 0.6) is 5.75 Å². The van der Waals surface area contributed by atoms with Gasteiger partial charge >= 0.3 is 0 Å². The van der Waals surface area contributed by atoms with Gasteiger partial charge < -0.3 is 9.84 Å². The first-order valence-corrected chi connectivity index (χ1v) is 8.65. The number of piperidine rings is 1. The van der Waals surface area contributed by atoms with Gasteiger partial charge in [-0.1, -0.05) is 18.6 Å². The van der Waals surface area contributed by atoms with Crippen LogP contribution in [0.1, 0.15) is 24.8 Å². The number of hydrogen-bond donors (Lipinski definition) is 1. The van der Waals surface area contributed by atoms with Gasteiger partial charge in [-0.05, 0) is 44.0 Å². The van der Waals surface area contributed by atoms with Gasteiger partial charge in [0.05, 0.1) is 6.54 Å². The predicted octanol–water partition coefficient (Wildman–Crippen LogP) is 1.88. The summed E-state index contributed by atoms with van der Waals surface area (Å²) in [6.07, 6.45) is 6.36. The first kappa shape index (κ1) is 16.9. The molecule has 0 radical (unpaired) electrons. The van der Waals surface area contributed by atoms with Crippen molar-refractivity contribution in [2.45, 2.75) is 44.9 Å². The van der Waals surface area contributed by atoms with E-state index in [1.807, 2.05) is 35.9 Å². The fourth-order valence-electron chi connectivity index (χ4n) is 3.27. The molecule has 1 aliphatic rings. The summed E-state index contributed by atoms with van der Waals surface area (Å²) < 4.78 is 7.60. The zero-order valence-corrected chi connectivity index (χ0v) is 14.2. The van der Waals surface area contributed by atoms with Gasteiger partial charge in [0.25, 0.3) is 0 Å². The SMILES string of the molecule is Cc1cccc(OC[C@H](O)CN2CCCC[C@@H]2Cn2cncn2)c1. The normalized spacial score (nSPS) is 20.0. The highest BCUT2D eigenvalue weighted by Gasteiger charge is 2.25. The number of likely N-dealkylation sites (tertiary alicyclic amines) is 1. The predicted molar refractivity (Wildman–Crippen MR) is 91.9 cm³/mol. The molecule has 1 saturated heterocycles. The van der Waals surface area contributed by atoms with Crippen LogP contribution in [0.4, 0.5) is 0 Å². The summed E-state index contributed by atoms with van der Waals surface area (Å²) in [7, 11) is 0. The summed E-state index contributed by atoms with van der Waals surface area (Å²) in [4.78, 5) is 6.36. The number of aromatic nitrogens is 3. The Labute approximate surface area is 143 Å². The zero-order chi connectivity index (χ0) is 16.8. The second-order valence-electron chi connectivity index (χ2n) is 6.54. The number of benzene rings is 1. The quantitative estimate of drug-likeness (QED) is 0.840. The molecule has 3 rings (SSSR count). The van der Waals surface area contributed by atoms with Crippen molar-refractivity contribution in [1.82, 2.24) is 19.7 Å². The third-order valence-corrected chi connectivity index (χ3v) is 4.49. The Morgan fingerprint density at radius 3 is 3.08 bits per heavy atom. The molecule has 6 heteroatoms. The maximum absolute atomic E-state index is 10.4. The lowest BCUT2D eigenvalue weighted by Gasteiger charge is -2.36. The van der Waals surface area contributed by atoms with Crippen molar-refractivity contribution in [2.24, 2.45) is 0 Å². The second kappa shape index (κ2) is 8.26. The van der Waals surface area contributed by atoms with Crippen molar-refractivity contribution < 1.29 is 9.84 Å². The Kier molecular flexibility index (Phi) is 5.82. The molecule has 2 heterocycles. The molecule has 0 bridgehead atoms. The molecule has 1 aromatic carbocycles. The lowest BCUT2D eigenvalue weighted by molar-refractivity contribution is 0.0345. The van der Waals surface area contributed by atoms with Gasteiger partial charge in [-0.15, -0.1) is 0 Å². The van der Waals surface area contributed by atoms with Gasteiger partial charge in [0.2, 0.25) is 0 Å². The van der Waals surface area contributed by atoms with Gasteiger partial charge in [0.1, 0.15) is 31.1 Å². The number of aliphatic hydroxyl groups is 1. The van der Waals surface area contributed by atoms with Crippen molar-refractivity contribution in [3.05, 3.63) is 42.5 Å². The second-order valence-corrected chi connectivity index (χ2v) is 6.54. The standard InChI is InChI=1S/C18H26N4O2/c1-15-5-4-7-18(9-15)24-12-17(23)11-21-8-3-2-6-16(21)10-22-14-19-13-20-22/h4-5,7,9,13-14,16-17,23H,2-3,6,8,10-12H2,1H3/t16-,17-/m1/s1. The molecule has 0 unspecified atom stereocenters. The molecule has 0 amide bonds. The van der Waals surface area contributed by atoms with Gasteiger partial charge in [0.15, 0.2) is 0 Å². The van der Waals surface area contributed by atoms with Crippen LogP contribution in [0, 0.1) is 6.92 Å². The largest absolute Gasteiger partial charge is 0.491 e. The van der Waals surface area contributed by atoms with E-state index in [-0.39, 0.29) is 0 Å². The number of ether oxygens (including phenoxy) is 1. The Balaban J connectivity index is 1.50. The van der Waals surface area contributed by atoms with Crippen molar-refractivity contribution in [3.8, 4) is 5.75 Å². The summed E-state index contributed by atoms with van der Waals surface area (Å²) in [6, 6.07) is 8.31. The number of hydrogen-bond acceptors (Lipinski definition) is 5. The number of nitrogens with zero attached hydrogens (tertiary/aromatic N) is 4. The Morgan fingerprint density at radius 1 is 1.38 bits per heavy atom. The van der Waals surface area contributed by atoms with Crippen LogP contribution in [-0.4, -0.2) is 56.6 Å². The molecule has 0 aliphatic carbocycles. The fourth-order valence-corrected chi connectivity index (χ4v) is 3.27. The maximum atomic E-state index is 10.4. The monoisotopic (exact) mass is 330 g/mol. The Hall–Kier alpha value is -1.92. The van der Waals surface area contributed by atoms with Gasteiger partial charge in [-0.2, -0.15) is 5.10 Å². The average molecular weight is 330 g/mol. The number of rotatable bonds is 7. The minimum Gasteiger partial charge on any atom is -0.491 e. The topological polar surface area (TPSA) is 63.4 Å². The summed E-state index contributed by atoms with van der Waals surface area (Å²) in [5.74, 6) is 0.812. The van der Waals surface area contributed by atoms with Gasteiger partial charge in [0, 0.05) is 12.6 Å². The van der Waals surface area contributed by atoms with Crippen LogP contribution in [0.25, 0.3) is 0 Å². The molecule has 1 fully saturated rings. The number of β-amino-alcohol motifs (C(OH)–C–C–N with tert-alkyl or cyclic N) is 1. The van der Waals surface area contributed by atoms with Crippen molar-refractivity contribution in [1.29, 1.82) is 0 Å². The van der Waals surface area contributed by atoms with Crippen molar-refractivity contribution in [3.63, 3.8) is 0 Å². The fraction of sp³-hybridized carbons (Fsp3) is 0.556. The first-order chi connectivity index (χ1) is 11.7. The van der Waals surface area contributed by atoms with E-state index in [1.165, 1.54) is 12.8 Å². The summed E-state index contributed by atoms with van der Waals surface area (Å²) in [5.41, 5.74) is 1.16. The van der Waals surface area contributed by atoms with E-state index in [0.717, 1.165) is 30.8 Å².